The summed E-state index contributed by atoms with van der Waals surface area (Å²) in [6.45, 7) is 1.05. The van der Waals surface area contributed by atoms with E-state index in [1.54, 1.807) is 0 Å². The summed E-state index contributed by atoms with van der Waals surface area (Å²) in [6, 6.07) is 0.0727. The molecule has 4 nitrogen and oxygen atoms in total. The van der Waals surface area contributed by atoms with Crippen molar-refractivity contribution in [3.8, 4) is 0 Å². The zero-order chi connectivity index (χ0) is 8.06. The fraction of sp³-hybridized carbons (Fsp3) is 1.00. The smallest absolute Gasteiger partial charge is 0.217 e. The summed E-state index contributed by atoms with van der Waals surface area (Å²) < 4.78 is 24.3. The molecule has 1 aliphatic heterocycles. The Morgan fingerprint density at radius 1 is 1.27 bits per heavy atom. The molecule has 0 aromatic rings. The molecule has 0 atom stereocenters. The van der Waals surface area contributed by atoms with Gasteiger partial charge in [-0.1, -0.05) is 0 Å². The fourth-order valence-corrected chi connectivity index (χ4v) is 3.21. The number of sulfonamides is 1. The molecule has 1 heterocycles. The number of hydrogen-bond acceptors (Lipinski definition) is 3. The van der Waals surface area contributed by atoms with Gasteiger partial charge in [0.2, 0.25) is 10.0 Å². The Bertz CT molecular complexity index is 252. The Morgan fingerprint density at radius 2 is 1.82 bits per heavy atom. The molecule has 11 heavy (non-hydrogen) atoms. The molecule has 0 bridgehead atoms. The van der Waals surface area contributed by atoms with Crippen LogP contribution in [0.5, 0.6) is 0 Å². The number of nitrogens with two attached hydrogens (primary N) is 1. The Balaban J connectivity index is 2.04. The van der Waals surface area contributed by atoms with Crippen LogP contribution in [0.4, 0.5) is 0 Å². The van der Waals surface area contributed by atoms with Crippen LogP contribution in [0.25, 0.3) is 0 Å². The van der Waals surface area contributed by atoms with Gasteiger partial charge in [0.1, 0.15) is 0 Å². The zero-order valence-corrected chi connectivity index (χ0v) is 7.05. The van der Waals surface area contributed by atoms with Crippen LogP contribution in [0, 0.1) is 0 Å². The van der Waals surface area contributed by atoms with Crippen molar-refractivity contribution in [2.45, 2.75) is 24.1 Å². The van der Waals surface area contributed by atoms with Gasteiger partial charge in [-0.3, -0.25) is 0 Å². The second kappa shape index (κ2) is 2.18. The van der Waals surface area contributed by atoms with Crippen molar-refractivity contribution in [1.82, 2.24) is 4.31 Å². The first-order valence-electron chi connectivity index (χ1n) is 3.85. The van der Waals surface area contributed by atoms with Crippen LogP contribution in [0.15, 0.2) is 0 Å². The summed E-state index contributed by atoms with van der Waals surface area (Å²) in [5, 5.41) is -0.0741. The summed E-state index contributed by atoms with van der Waals surface area (Å²) in [5.74, 6) is 0. The molecule has 1 saturated heterocycles. The fourth-order valence-electron chi connectivity index (χ4n) is 1.25. The van der Waals surface area contributed by atoms with E-state index in [1.165, 1.54) is 4.31 Å². The highest BCUT2D eigenvalue weighted by Gasteiger charge is 2.44. The van der Waals surface area contributed by atoms with Crippen LogP contribution in [0.3, 0.4) is 0 Å². The number of nitrogens with zero attached hydrogens (tertiary/aromatic N) is 1. The lowest BCUT2D eigenvalue weighted by atomic mass is 10.2. The predicted octanol–water partition coefficient (Wildman–Crippen LogP) is -0.878. The highest BCUT2D eigenvalue weighted by molar-refractivity contribution is 7.90. The first-order valence-corrected chi connectivity index (χ1v) is 5.35. The average molecular weight is 176 g/mol. The molecule has 0 radical (unpaired) electrons. The highest BCUT2D eigenvalue weighted by Crippen LogP contribution is 2.32. The quantitative estimate of drug-likeness (QED) is 0.594. The van der Waals surface area contributed by atoms with Gasteiger partial charge in [0.25, 0.3) is 0 Å². The lowest BCUT2D eigenvalue weighted by molar-refractivity contribution is 0.265. The van der Waals surface area contributed by atoms with E-state index in [9.17, 15) is 8.42 Å². The Morgan fingerprint density at radius 3 is 2.18 bits per heavy atom. The molecule has 1 aliphatic carbocycles. The molecular formula is C6H12N2O2S. The third-order valence-corrected chi connectivity index (χ3v) is 4.51. The van der Waals surface area contributed by atoms with Gasteiger partial charge in [0.05, 0.1) is 5.25 Å². The van der Waals surface area contributed by atoms with Gasteiger partial charge in [-0.05, 0) is 12.8 Å². The van der Waals surface area contributed by atoms with E-state index in [0.717, 1.165) is 12.8 Å². The van der Waals surface area contributed by atoms with Gasteiger partial charge in [-0.2, -0.15) is 4.31 Å². The Labute approximate surface area is 66.4 Å². The summed E-state index contributed by atoms with van der Waals surface area (Å²) in [4.78, 5) is 0. The van der Waals surface area contributed by atoms with Crippen molar-refractivity contribution >= 4 is 10.0 Å². The maximum atomic E-state index is 11.4. The molecule has 0 aromatic carbocycles. The van der Waals surface area contributed by atoms with E-state index >= 15 is 0 Å². The van der Waals surface area contributed by atoms with Crippen LogP contribution in [0.2, 0.25) is 0 Å². The Kier molecular flexibility index (Phi) is 1.49. The van der Waals surface area contributed by atoms with Gasteiger partial charge < -0.3 is 5.73 Å². The first kappa shape index (κ1) is 7.52. The van der Waals surface area contributed by atoms with Gasteiger partial charge in [-0.25, -0.2) is 8.42 Å². The summed E-state index contributed by atoms with van der Waals surface area (Å²) >= 11 is 0. The minimum absolute atomic E-state index is 0.0727. The molecule has 5 heteroatoms. The Hall–Kier alpha value is -0.130. The van der Waals surface area contributed by atoms with E-state index in [0.29, 0.717) is 13.1 Å². The van der Waals surface area contributed by atoms with E-state index in [2.05, 4.69) is 0 Å². The van der Waals surface area contributed by atoms with E-state index in [1.807, 2.05) is 0 Å². The molecule has 0 amide bonds. The normalized spacial score (nSPS) is 28.5. The average Bonchev–Trinajstić information content (AvgIpc) is 2.60. The van der Waals surface area contributed by atoms with Crippen LogP contribution < -0.4 is 5.73 Å². The monoisotopic (exact) mass is 176 g/mol. The molecule has 0 spiro atoms. The van der Waals surface area contributed by atoms with Crippen molar-refractivity contribution in [2.75, 3.05) is 13.1 Å². The molecular weight excluding hydrogens is 164 g/mol. The third kappa shape index (κ3) is 1.17. The van der Waals surface area contributed by atoms with Crippen molar-refractivity contribution in [3.05, 3.63) is 0 Å². The minimum Gasteiger partial charge on any atom is -0.325 e. The van der Waals surface area contributed by atoms with Crippen molar-refractivity contribution in [1.29, 1.82) is 0 Å². The molecule has 2 N–H and O–H groups in total. The van der Waals surface area contributed by atoms with Gasteiger partial charge in [-0.15, -0.1) is 0 Å². The topological polar surface area (TPSA) is 63.4 Å². The maximum Gasteiger partial charge on any atom is 0.217 e. The minimum atomic E-state index is -2.91. The third-order valence-electron chi connectivity index (χ3n) is 2.18. The van der Waals surface area contributed by atoms with Crippen LogP contribution in [0.1, 0.15) is 12.8 Å². The zero-order valence-electron chi connectivity index (χ0n) is 6.23. The molecule has 0 unspecified atom stereocenters. The molecule has 2 rings (SSSR count). The first-order chi connectivity index (χ1) is 5.10. The SMILES string of the molecule is NC1CN(S(=O)(=O)C2CC2)C1. The van der Waals surface area contributed by atoms with Gasteiger partial charge >= 0.3 is 0 Å². The molecule has 0 aromatic heterocycles. The highest BCUT2D eigenvalue weighted by atomic mass is 32.2. The van der Waals surface area contributed by atoms with Crippen molar-refractivity contribution in [2.24, 2.45) is 5.73 Å². The van der Waals surface area contributed by atoms with Crippen LogP contribution in [-0.4, -0.2) is 37.1 Å². The molecule has 2 aliphatic rings. The summed E-state index contributed by atoms with van der Waals surface area (Å²) in [5.41, 5.74) is 5.48. The van der Waals surface area contributed by atoms with Gasteiger partial charge in [0, 0.05) is 19.1 Å². The summed E-state index contributed by atoms with van der Waals surface area (Å²) in [6.07, 6.45) is 1.68. The second-order valence-electron chi connectivity index (χ2n) is 3.32. The predicted molar refractivity (Wildman–Crippen MR) is 41.5 cm³/mol. The van der Waals surface area contributed by atoms with E-state index in [4.69, 9.17) is 5.73 Å². The van der Waals surface area contributed by atoms with E-state index < -0.39 is 10.0 Å². The molecule has 64 valence electrons. The van der Waals surface area contributed by atoms with Gasteiger partial charge in [0.15, 0.2) is 0 Å². The lowest BCUT2D eigenvalue weighted by Crippen LogP contribution is -2.58. The lowest BCUT2D eigenvalue weighted by Gasteiger charge is -2.35. The second-order valence-corrected chi connectivity index (χ2v) is 5.53. The molecule has 1 saturated carbocycles. The largest absolute Gasteiger partial charge is 0.325 e. The van der Waals surface area contributed by atoms with Crippen LogP contribution >= 0.6 is 0 Å². The van der Waals surface area contributed by atoms with E-state index in [-0.39, 0.29) is 11.3 Å². The standard InChI is InChI=1S/C6H12N2O2S/c7-5-3-8(4-5)11(9,10)6-1-2-6/h5-6H,1-4,7H2. The van der Waals surface area contributed by atoms with Crippen LogP contribution in [-0.2, 0) is 10.0 Å². The maximum absolute atomic E-state index is 11.4. The number of hydrogen-bond donors (Lipinski definition) is 1. The summed E-state index contributed by atoms with van der Waals surface area (Å²) in [7, 11) is -2.91. The number of rotatable bonds is 2. The van der Waals surface area contributed by atoms with Crippen molar-refractivity contribution < 1.29 is 8.42 Å². The van der Waals surface area contributed by atoms with Crippen molar-refractivity contribution in [3.63, 3.8) is 0 Å². The molecule has 2 fully saturated rings.